The molecule has 2 saturated heterocycles. The Bertz CT molecular complexity index is 1200. The number of pyridine rings is 2. The second kappa shape index (κ2) is 6.88. The molecule has 3 aromatic heterocycles. The molecule has 2 aliphatic heterocycles. The van der Waals surface area contributed by atoms with Gasteiger partial charge in [-0.2, -0.15) is 0 Å². The summed E-state index contributed by atoms with van der Waals surface area (Å²) in [5.41, 5.74) is 3.38. The highest BCUT2D eigenvalue weighted by molar-refractivity contribution is 5.81. The normalized spacial score (nSPS) is 20.8. The van der Waals surface area contributed by atoms with Crippen LogP contribution in [0.5, 0.6) is 0 Å². The highest BCUT2D eigenvalue weighted by atomic mass is 19.1. The van der Waals surface area contributed by atoms with Crippen LogP contribution in [0, 0.1) is 11.7 Å². The van der Waals surface area contributed by atoms with E-state index in [-0.39, 0.29) is 5.82 Å². The third-order valence-electron chi connectivity index (χ3n) is 6.12. The number of aromatic nitrogens is 4. The molecule has 2 atom stereocenters. The SMILES string of the molecule is Fc1ccc(-c2nc3ccc(N4CC5CNCC4C5)nc3n2-c2ccncc2)cc1. The molecule has 0 aliphatic carbocycles. The van der Waals surface area contributed by atoms with Crippen LogP contribution in [-0.4, -0.2) is 45.2 Å². The first-order chi connectivity index (χ1) is 14.8. The minimum atomic E-state index is -0.264. The number of halogens is 1. The van der Waals surface area contributed by atoms with Gasteiger partial charge in [0, 0.05) is 37.1 Å². The van der Waals surface area contributed by atoms with E-state index in [1.165, 1.54) is 18.6 Å². The predicted octanol–water partition coefficient (Wildman–Crippen LogP) is 3.42. The predicted molar refractivity (Wildman–Crippen MR) is 114 cm³/mol. The molecule has 1 aromatic carbocycles. The van der Waals surface area contributed by atoms with Crippen molar-refractivity contribution in [3.05, 3.63) is 66.7 Å². The fourth-order valence-corrected chi connectivity index (χ4v) is 4.73. The monoisotopic (exact) mass is 400 g/mol. The first-order valence-electron chi connectivity index (χ1n) is 10.3. The topological polar surface area (TPSA) is 58.9 Å². The molecule has 6 rings (SSSR count). The molecule has 7 heteroatoms. The van der Waals surface area contributed by atoms with Crippen LogP contribution < -0.4 is 10.2 Å². The Morgan fingerprint density at radius 3 is 2.57 bits per heavy atom. The summed E-state index contributed by atoms with van der Waals surface area (Å²) < 4.78 is 15.5. The minimum Gasteiger partial charge on any atom is -0.352 e. The smallest absolute Gasteiger partial charge is 0.167 e. The van der Waals surface area contributed by atoms with Crippen LogP contribution in [0.3, 0.4) is 0 Å². The number of anilines is 1. The zero-order valence-electron chi connectivity index (χ0n) is 16.4. The Labute approximate surface area is 173 Å². The molecule has 0 saturated carbocycles. The van der Waals surface area contributed by atoms with Crippen molar-refractivity contribution in [2.24, 2.45) is 5.92 Å². The van der Waals surface area contributed by atoms with Crippen LogP contribution in [-0.2, 0) is 0 Å². The van der Waals surface area contributed by atoms with Gasteiger partial charge in [-0.1, -0.05) is 0 Å². The van der Waals surface area contributed by atoms with Crippen molar-refractivity contribution in [2.75, 3.05) is 24.5 Å². The van der Waals surface area contributed by atoms with Crippen molar-refractivity contribution in [1.29, 1.82) is 0 Å². The van der Waals surface area contributed by atoms with E-state index >= 15 is 0 Å². The number of nitrogens with zero attached hydrogens (tertiary/aromatic N) is 5. The lowest BCUT2D eigenvalue weighted by Crippen LogP contribution is -2.39. The Balaban J connectivity index is 1.53. The van der Waals surface area contributed by atoms with E-state index in [1.807, 2.05) is 22.8 Å². The third kappa shape index (κ3) is 2.85. The molecule has 6 nitrogen and oxygen atoms in total. The molecule has 0 spiro atoms. The van der Waals surface area contributed by atoms with Crippen molar-refractivity contribution in [1.82, 2.24) is 24.8 Å². The standard InChI is InChI=1S/C23H21FN6/c24-17-3-1-16(2-4-17)22-27-20-5-6-21(29-14-15-11-19(29)13-26-12-15)28-23(20)30(22)18-7-9-25-10-8-18/h1-10,15,19,26H,11-14H2. The van der Waals surface area contributed by atoms with Crippen molar-refractivity contribution in [2.45, 2.75) is 12.5 Å². The summed E-state index contributed by atoms with van der Waals surface area (Å²) in [6.07, 6.45) is 4.74. The van der Waals surface area contributed by atoms with E-state index < -0.39 is 0 Å². The Hall–Kier alpha value is -3.32. The van der Waals surface area contributed by atoms with E-state index in [2.05, 4.69) is 21.3 Å². The summed E-state index contributed by atoms with van der Waals surface area (Å²) in [5, 5.41) is 3.53. The van der Waals surface area contributed by atoms with Gasteiger partial charge in [0.1, 0.15) is 23.0 Å². The van der Waals surface area contributed by atoms with E-state index in [0.717, 1.165) is 53.7 Å². The lowest BCUT2D eigenvalue weighted by molar-refractivity contribution is 0.434. The van der Waals surface area contributed by atoms with Crippen LogP contribution in [0.1, 0.15) is 6.42 Å². The van der Waals surface area contributed by atoms with Gasteiger partial charge in [0.25, 0.3) is 0 Å². The fourth-order valence-electron chi connectivity index (χ4n) is 4.73. The number of hydrogen-bond acceptors (Lipinski definition) is 5. The fraction of sp³-hybridized carbons (Fsp3) is 0.261. The molecule has 30 heavy (non-hydrogen) atoms. The highest BCUT2D eigenvalue weighted by Crippen LogP contribution is 2.33. The average molecular weight is 400 g/mol. The number of nitrogens with one attached hydrogen (secondary N) is 1. The number of rotatable bonds is 3. The maximum Gasteiger partial charge on any atom is 0.167 e. The lowest BCUT2D eigenvalue weighted by atomic mass is 10.0. The van der Waals surface area contributed by atoms with Gasteiger partial charge >= 0.3 is 0 Å². The van der Waals surface area contributed by atoms with Crippen LogP contribution >= 0.6 is 0 Å². The van der Waals surface area contributed by atoms with Crippen LogP contribution in [0.25, 0.3) is 28.2 Å². The van der Waals surface area contributed by atoms with Gasteiger partial charge in [-0.25, -0.2) is 14.4 Å². The number of benzene rings is 1. The Morgan fingerprint density at radius 2 is 1.77 bits per heavy atom. The number of fused-ring (bicyclic) bond motifs is 3. The van der Waals surface area contributed by atoms with Gasteiger partial charge in [0.2, 0.25) is 0 Å². The van der Waals surface area contributed by atoms with Crippen LogP contribution in [0.15, 0.2) is 60.9 Å². The Morgan fingerprint density at radius 1 is 0.933 bits per heavy atom. The Kier molecular flexibility index (Phi) is 4.02. The molecule has 5 heterocycles. The zero-order valence-corrected chi connectivity index (χ0v) is 16.4. The molecular weight excluding hydrogens is 379 g/mol. The summed E-state index contributed by atoms with van der Waals surface area (Å²) in [6.45, 7) is 3.12. The van der Waals surface area contributed by atoms with Crippen molar-refractivity contribution in [3.8, 4) is 17.1 Å². The number of hydrogen-bond donors (Lipinski definition) is 1. The molecule has 1 N–H and O–H groups in total. The number of piperidine rings is 1. The quantitative estimate of drug-likeness (QED) is 0.571. The highest BCUT2D eigenvalue weighted by Gasteiger charge is 2.36. The molecule has 150 valence electrons. The average Bonchev–Trinajstić information content (AvgIpc) is 3.31. The second-order valence-corrected chi connectivity index (χ2v) is 8.06. The molecule has 2 bridgehead atoms. The first kappa shape index (κ1) is 17.5. The van der Waals surface area contributed by atoms with Crippen molar-refractivity contribution >= 4 is 17.0 Å². The van der Waals surface area contributed by atoms with E-state index in [4.69, 9.17) is 9.97 Å². The number of imidazole rings is 1. The van der Waals surface area contributed by atoms with Gasteiger partial charge in [-0.3, -0.25) is 9.55 Å². The maximum atomic E-state index is 13.5. The molecule has 0 radical (unpaired) electrons. The van der Waals surface area contributed by atoms with Crippen LogP contribution in [0.2, 0.25) is 0 Å². The van der Waals surface area contributed by atoms with Crippen LogP contribution in [0.4, 0.5) is 10.2 Å². The summed E-state index contributed by atoms with van der Waals surface area (Å²) in [6, 6.07) is 14.9. The summed E-state index contributed by atoms with van der Waals surface area (Å²) in [5.74, 6) is 2.14. The van der Waals surface area contributed by atoms with E-state index in [9.17, 15) is 4.39 Å². The molecule has 2 aliphatic rings. The molecular formula is C23H21FN6. The van der Waals surface area contributed by atoms with E-state index in [0.29, 0.717) is 12.0 Å². The van der Waals surface area contributed by atoms with Crippen molar-refractivity contribution < 1.29 is 4.39 Å². The zero-order chi connectivity index (χ0) is 20.1. The lowest BCUT2D eigenvalue weighted by Gasteiger charge is -2.25. The van der Waals surface area contributed by atoms with Crippen molar-refractivity contribution in [3.63, 3.8) is 0 Å². The molecule has 4 aromatic rings. The summed E-state index contributed by atoms with van der Waals surface area (Å²) >= 11 is 0. The first-order valence-corrected chi connectivity index (χ1v) is 10.3. The molecule has 0 amide bonds. The molecule has 2 unspecified atom stereocenters. The summed E-state index contributed by atoms with van der Waals surface area (Å²) in [4.78, 5) is 16.5. The second-order valence-electron chi connectivity index (χ2n) is 8.06. The molecule has 2 fully saturated rings. The van der Waals surface area contributed by atoms with Gasteiger partial charge in [-0.15, -0.1) is 0 Å². The third-order valence-corrected chi connectivity index (χ3v) is 6.12. The largest absolute Gasteiger partial charge is 0.352 e. The van der Waals surface area contributed by atoms with Gasteiger partial charge in [0.15, 0.2) is 5.65 Å². The maximum absolute atomic E-state index is 13.5. The van der Waals surface area contributed by atoms with Gasteiger partial charge in [0.05, 0.1) is 5.69 Å². The van der Waals surface area contributed by atoms with Gasteiger partial charge < -0.3 is 10.2 Å². The minimum absolute atomic E-state index is 0.264. The summed E-state index contributed by atoms with van der Waals surface area (Å²) in [7, 11) is 0. The van der Waals surface area contributed by atoms with Gasteiger partial charge in [-0.05, 0) is 67.4 Å². The van der Waals surface area contributed by atoms with E-state index in [1.54, 1.807) is 24.5 Å².